The number of benzene rings is 1. The number of hydrogen-bond donors (Lipinski definition) is 2. The zero-order valence-electron chi connectivity index (χ0n) is 11.5. The number of amides is 1. The number of nitrogens with one attached hydrogen (secondary N) is 1. The summed E-state index contributed by atoms with van der Waals surface area (Å²) in [5, 5.41) is 12.6. The van der Waals surface area contributed by atoms with Crippen LogP contribution in [0, 0.1) is 5.82 Å². The van der Waals surface area contributed by atoms with E-state index in [0.29, 0.717) is 16.5 Å². The number of pyridine rings is 1. The summed E-state index contributed by atoms with van der Waals surface area (Å²) in [6, 6.07) is 8.48. The van der Waals surface area contributed by atoms with Gasteiger partial charge in [-0.2, -0.15) is 0 Å². The van der Waals surface area contributed by atoms with Crippen molar-refractivity contribution in [3.05, 3.63) is 59.1 Å². The fraction of sp³-hybridized carbons (Fsp3) is 0.200. The van der Waals surface area contributed by atoms with Crippen LogP contribution < -0.4 is 10.1 Å². The van der Waals surface area contributed by atoms with E-state index >= 15 is 0 Å². The lowest BCUT2D eigenvalue weighted by Gasteiger charge is -2.13. The van der Waals surface area contributed by atoms with Crippen LogP contribution in [0.5, 0.6) is 5.75 Å². The van der Waals surface area contributed by atoms with Crippen LogP contribution in [0.25, 0.3) is 0 Å². The molecule has 0 saturated heterocycles. The summed E-state index contributed by atoms with van der Waals surface area (Å²) in [7, 11) is 0. The predicted octanol–water partition coefficient (Wildman–Crippen LogP) is 2.04. The summed E-state index contributed by atoms with van der Waals surface area (Å²) in [5.74, 6) is -0.296. The number of aliphatic hydroxyl groups excluding tert-OH is 1. The Morgan fingerprint density at radius 2 is 2.05 bits per heavy atom. The molecule has 0 aliphatic carbocycles. The first kappa shape index (κ1) is 16.2. The Morgan fingerprint density at radius 1 is 1.32 bits per heavy atom. The maximum absolute atomic E-state index is 12.7. The summed E-state index contributed by atoms with van der Waals surface area (Å²) in [6.07, 6.45) is 0.452. The molecule has 116 valence electrons. The van der Waals surface area contributed by atoms with E-state index in [9.17, 15) is 14.3 Å². The largest absolute Gasteiger partial charge is 0.491 e. The Bertz CT molecular complexity index is 620. The number of carbonyl (C=O) groups excluding carboxylic acids is 1. The molecular weight excluding hydrogens is 311 g/mol. The van der Waals surface area contributed by atoms with E-state index in [4.69, 9.17) is 16.3 Å². The number of halogens is 2. The summed E-state index contributed by atoms with van der Waals surface area (Å²) < 4.78 is 18.0. The van der Waals surface area contributed by atoms with E-state index in [1.54, 1.807) is 0 Å². The molecular formula is C15H14ClFN2O3. The molecule has 1 aromatic heterocycles. The van der Waals surface area contributed by atoms with Gasteiger partial charge in [0.05, 0.1) is 5.56 Å². The maximum atomic E-state index is 12.7. The zero-order chi connectivity index (χ0) is 15.9. The number of ether oxygens (including phenoxy) is 1. The second-order valence-corrected chi connectivity index (χ2v) is 4.89. The van der Waals surface area contributed by atoms with E-state index < -0.39 is 6.10 Å². The third-order valence-corrected chi connectivity index (χ3v) is 2.97. The summed E-state index contributed by atoms with van der Waals surface area (Å²) in [6.45, 7) is -0.00651. The van der Waals surface area contributed by atoms with Crippen molar-refractivity contribution in [1.29, 1.82) is 0 Å². The molecule has 0 aliphatic rings. The predicted molar refractivity (Wildman–Crippen MR) is 79.5 cm³/mol. The van der Waals surface area contributed by atoms with Crippen molar-refractivity contribution in [2.75, 3.05) is 13.2 Å². The Kier molecular flexibility index (Phi) is 5.68. The van der Waals surface area contributed by atoms with E-state index in [1.807, 2.05) is 0 Å². The molecule has 1 amide bonds. The second kappa shape index (κ2) is 7.72. The molecule has 2 N–H and O–H groups in total. The van der Waals surface area contributed by atoms with Gasteiger partial charge in [-0.15, -0.1) is 0 Å². The van der Waals surface area contributed by atoms with Gasteiger partial charge in [-0.1, -0.05) is 11.6 Å². The molecule has 2 aromatic rings. The number of nitrogens with zero attached hydrogens (tertiary/aromatic N) is 1. The highest BCUT2D eigenvalue weighted by Crippen LogP contribution is 2.11. The number of aliphatic hydroxyl groups is 1. The Labute approximate surface area is 131 Å². The minimum atomic E-state index is -0.894. The van der Waals surface area contributed by atoms with Crippen LogP contribution in [0.3, 0.4) is 0 Å². The average Bonchev–Trinajstić information content (AvgIpc) is 2.52. The highest BCUT2D eigenvalue weighted by molar-refractivity contribution is 6.29. The van der Waals surface area contributed by atoms with Crippen LogP contribution in [-0.4, -0.2) is 35.3 Å². The molecule has 0 spiro atoms. The molecule has 1 aromatic carbocycles. The molecule has 1 heterocycles. The SMILES string of the molecule is O=C(NCC(O)COc1ccc(F)cc1)c1ccc(Cl)nc1. The molecule has 0 saturated carbocycles. The van der Waals surface area contributed by atoms with Crippen LogP contribution in [0.1, 0.15) is 10.4 Å². The lowest BCUT2D eigenvalue weighted by molar-refractivity contribution is 0.0843. The summed E-state index contributed by atoms with van der Waals surface area (Å²) >= 11 is 5.63. The van der Waals surface area contributed by atoms with Crippen molar-refractivity contribution in [3.8, 4) is 5.75 Å². The topological polar surface area (TPSA) is 71.5 Å². The third-order valence-electron chi connectivity index (χ3n) is 2.74. The van der Waals surface area contributed by atoms with Gasteiger partial charge in [-0.3, -0.25) is 4.79 Å². The smallest absolute Gasteiger partial charge is 0.252 e. The van der Waals surface area contributed by atoms with E-state index in [-0.39, 0.29) is 24.9 Å². The Balaban J connectivity index is 1.75. The lowest BCUT2D eigenvalue weighted by Crippen LogP contribution is -2.35. The average molecular weight is 325 g/mol. The number of carbonyl (C=O) groups is 1. The van der Waals surface area contributed by atoms with Crippen LogP contribution in [0.15, 0.2) is 42.6 Å². The van der Waals surface area contributed by atoms with E-state index in [2.05, 4.69) is 10.3 Å². The fourth-order valence-corrected chi connectivity index (χ4v) is 1.72. The van der Waals surface area contributed by atoms with Gasteiger partial charge in [-0.25, -0.2) is 9.37 Å². The van der Waals surface area contributed by atoms with Crippen LogP contribution in [-0.2, 0) is 0 Å². The molecule has 1 unspecified atom stereocenters. The first-order valence-electron chi connectivity index (χ1n) is 6.51. The summed E-state index contributed by atoms with van der Waals surface area (Å²) in [5.41, 5.74) is 0.344. The van der Waals surface area contributed by atoms with E-state index in [0.717, 1.165) is 0 Å². The van der Waals surface area contributed by atoms with Crippen molar-refractivity contribution in [2.24, 2.45) is 0 Å². The van der Waals surface area contributed by atoms with Crippen molar-refractivity contribution >= 4 is 17.5 Å². The van der Waals surface area contributed by atoms with E-state index in [1.165, 1.54) is 42.6 Å². The first-order valence-corrected chi connectivity index (χ1v) is 6.88. The Hall–Kier alpha value is -2.18. The van der Waals surface area contributed by atoms with Gasteiger partial charge >= 0.3 is 0 Å². The number of rotatable bonds is 6. The minimum absolute atomic E-state index is 0.0165. The molecule has 2 rings (SSSR count). The molecule has 7 heteroatoms. The molecule has 0 radical (unpaired) electrons. The standard InChI is InChI=1S/C15H14ClFN2O3/c16-14-6-1-10(7-18-14)15(21)19-8-12(20)9-22-13-4-2-11(17)3-5-13/h1-7,12,20H,8-9H2,(H,19,21). The Morgan fingerprint density at radius 3 is 2.68 bits per heavy atom. The van der Waals surface area contributed by atoms with Crippen LogP contribution in [0.2, 0.25) is 5.15 Å². The normalized spacial score (nSPS) is 11.8. The number of hydrogen-bond acceptors (Lipinski definition) is 4. The molecule has 1 atom stereocenters. The third kappa shape index (κ3) is 4.98. The lowest BCUT2D eigenvalue weighted by atomic mass is 10.2. The minimum Gasteiger partial charge on any atom is -0.491 e. The van der Waals surface area contributed by atoms with Crippen LogP contribution >= 0.6 is 11.6 Å². The van der Waals surface area contributed by atoms with Crippen molar-refractivity contribution in [2.45, 2.75) is 6.10 Å². The van der Waals surface area contributed by atoms with Gasteiger partial charge < -0.3 is 15.2 Å². The number of aromatic nitrogens is 1. The van der Waals surface area contributed by atoms with Gasteiger partial charge in [-0.05, 0) is 36.4 Å². The molecule has 22 heavy (non-hydrogen) atoms. The van der Waals surface area contributed by atoms with Gasteiger partial charge in [0.15, 0.2) is 0 Å². The van der Waals surface area contributed by atoms with Crippen molar-refractivity contribution in [3.63, 3.8) is 0 Å². The van der Waals surface area contributed by atoms with Crippen molar-refractivity contribution in [1.82, 2.24) is 10.3 Å². The first-order chi connectivity index (χ1) is 10.5. The van der Waals surface area contributed by atoms with Gasteiger partial charge in [0.2, 0.25) is 0 Å². The van der Waals surface area contributed by atoms with Gasteiger partial charge in [0.25, 0.3) is 5.91 Å². The second-order valence-electron chi connectivity index (χ2n) is 4.50. The van der Waals surface area contributed by atoms with Crippen molar-refractivity contribution < 1.29 is 19.0 Å². The highest BCUT2D eigenvalue weighted by Gasteiger charge is 2.10. The summed E-state index contributed by atoms with van der Waals surface area (Å²) in [4.78, 5) is 15.6. The molecule has 0 fully saturated rings. The molecule has 0 aliphatic heterocycles. The molecule has 5 nitrogen and oxygen atoms in total. The van der Waals surface area contributed by atoms with Crippen LogP contribution in [0.4, 0.5) is 4.39 Å². The fourth-order valence-electron chi connectivity index (χ4n) is 1.60. The van der Waals surface area contributed by atoms with Gasteiger partial charge in [0, 0.05) is 12.7 Å². The maximum Gasteiger partial charge on any atom is 0.252 e. The highest BCUT2D eigenvalue weighted by atomic mass is 35.5. The zero-order valence-corrected chi connectivity index (χ0v) is 12.3. The van der Waals surface area contributed by atoms with Gasteiger partial charge in [0.1, 0.15) is 29.4 Å². The quantitative estimate of drug-likeness (QED) is 0.798. The monoisotopic (exact) mass is 324 g/mol. The molecule has 0 bridgehead atoms.